The summed E-state index contributed by atoms with van der Waals surface area (Å²) in [4.78, 5) is 12.6. The number of likely N-dealkylation sites (tertiary alicyclic amines) is 1. The van der Waals surface area contributed by atoms with Gasteiger partial charge in [-0.2, -0.15) is 0 Å². The van der Waals surface area contributed by atoms with Gasteiger partial charge >= 0.3 is 0 Å². The van der Waals surface area contributed by atoms with Crippen molar-refractivity contribution in [2.24, 2.45) is 5.92 Å². The second kappa shape index (κ2) is 5.72. The van der Waals surface area contributed by atoms with Crippen molar-refractivity contribution in [1.29, 1.82) is 5.41 Å². The quantitative estimate of drug-likeness (QED) is 0.497. The molecule has 1 aromatic rings. The highest BCUT2D eigenvalue weighted by Gasteiger charge is 2.46. The van der Waals surface area contributed by atoms with Crippen LogP contribution in [0, 0.1) is 11.3 Å². The van der Waals surface area contributed by atoms with Crippen molar-refractivity contribution in [3.8, 4) is 0 Å². The summed E-state index contributed by atoms with van der Waals surface area (Å²) in [5.74, 6) is 0.173. The summed E-state index contributed by atoms with van der Waals surface area (Å²) in [6.45, 7) is 1.44. The van der Waals surface area contributed by atoms with Crippen molar-refractivity contribution < 1.29 is 9.53 Å². The zero-order chi connectivity index (χ0) is 15.7. The van der Waals surface area contributed by atoms with Crippen molar-refractivity contribution in [2.75, 3.05) is 25.9 Å². The van der Waals surface area contributed by atoms with Crippen molar-refractivity contribution in [2.45, 2.75) is 31.3 Å². The molecule has 0 bridgehead atoms. The van der Waals surface area contributed by atoms with Gasteiger partial charge in [0, 0.05) is 48.6 Å². The molecule has 3 rings (SSSR count). The fourth-order valence-corrected chi connectivity index (χ4v) is 3.41. The SMILES string of the molecule is COC1(c2cccc(C(=N)C3CCN(C=O)CC3)c2N)CC1. The van der Waals surface area contributed by atoms with Gasteiger partial charge in [0.05, 0.1) is 5.60 Å². The van der Waals surface area contributed by atoms with Crippen LogP contribution in [0.4, 0.5) is 5.69 Å². The van der Waals surface area contributed by atoms with Gasteiger partial charge in [0.15, 0.2) is 0 Å². The predicted molar refractivity (Wildman–Crippen MR) is 86.0 cm³/mol. The number of ether oxygens (including phenoxy) is 1. The molecule has 1 aliphatic heterocycles. The van der Waals surface area contributed by atoms with Gasteiger partial charge in [-0.15, -0.1) is 0 Å². The molecule has 5 heteroatoms. The van der Waals surface area contributed by atoms with Crippen molar-refractivity contribution in [1.82, 2.24) is 4.90 Å². The Morgan fingerprint density at radius 1 is 1.41 bits per heavy atom. The molecule has 0 aromatic heterocycles. The number of hydrogen-bond donors (Lipinski definition) is 2. The van der Waals surface area contributed by atoms with E-state index in [9.17, 15) is 4.79 Å². The van der Waals surface area contributed by atoms with E-state index in [1.54, 1.807) is 12.0 Å². The normalized spacial score (nSPS) is 20.7. The molecular formula is C17H23N3O2. The molecule has 0 atom stereocenters. The minimum Gasteiger partial charge on any atom is -0.398 e. The van der Waals surface area contributed by atoms with Crippen molar-refractivity contribution >= 4 is 17.8 Å². The molecule has 0 unspecified atom stereocenters. The number of rotatable bonds is 5. The molecule has 1 amide bonds. The zero-order valence-corrected chi connectivity index (χ0v) is 13.0. The van der Waals surface area contributed by atoms with Crippen molar-refractivity contribution in [3.63, 3.8) is 0 Å². The van der Waals surface area contributed by atoms with E-state index in [-0.39, 0.29) is 11.5 Å². The molecule has 2 aliphatic rings. The summed E-state index contributed by atoms with van der Waals surface area (Å²) >= 11 is 0. The molecule has 118 valence electrons. The van der Waals surface area contributed by atoms with Crippen LogP contribution in [0.15, 0.2) is 18.2 Å². The highest BCUT2D eigenvalue weighted by atomic mass is 16.5. The number of methoxy groups -OCH3 is 1. The van der Waals surface area contributed by atoms with E-state index in [1.165, 1.54) is 0 Å². The van der Waals surface area contributed by atoms with E-state index in [4.69, 9.17) is 15.9 Å². The Hall–Kier alpha value is -1.88. The maximum Gasteiger partial charge on any atom is 0.209 e. The largest absolute Gasteiger partial charge is 0.398 e. The first-order valence-electron chi connectivity index (χ1n) is 7.83. The van der Waals surface area contributed by atoms with Crippen LogP contribution in [0.5, 0.6) is 0 Å². The number of nitrogen functional groups attached to an aromatic ring is 1. The number of para-hydroxylation sites is 1. The monoisotopic (exact) mass is 301 g/mol. The van der Waals surface area contributed by atoms with E-state index in [1.807, 2.05) is 18.2 Å². The standard InChI is InChI=1S/C17H23N3O2/c1-22-17(7-8-17)14-4-2-3-13(16(14)19)15(18)12-5-9-20(11-21)10-6-12/h2-4,11-12,18H,5-10,19H2,1H3. The van der Waals surface area contributed by atoms with Crippen LogP contribution in [0.1, 0.15) is 36.8 Å². The average molecular weight is 301 g/mol. The minimum atomic E-state index is -0.235. The average Bonchev–Trinajstić information content (AvgIpc) is 3.35. The number of benzene rings is 1. The fraction of sp³-hybridized carbons (Fsp3) is 0.529. The van der Waals surface area contributed by atoms with Gasteiger partial charge in [-0.1, -0.05) is 18.2 Å². The molecule has 0 spiro atoms. The fourth-order valence-electron chi connectivity index (χ4n) is 3.41. The topological polar surface area (TPSA) is 79.4 Å². The lowest BCUT2D eigenvalue weighted by Gasteiger charge is -2.30. The first-order chi connectivity index (χ1) is 10.6. The van der Waals surface area contributed by atoms with Crippen LogP contribution in [0.3, 0.4) is 0 Å². The van der Waals surface area contributed by atoms with Crippen LogP contribution < -0.4 is 5.73 Å². The number of anilines is 1. The second-order valence-electron chi connectivity index (χ2n) is 6.29. The maximum atomic E-state index is 10.8. The third-order valence-corrected chi connectivity index (χ3v) is 5.07. The lowest BCUT2D eigenvalue weighted by atomic mass is 9.86. The maximum absolute atomic E-state index is 10.8. The smallest absolute Gasteiger partial charge is 0.209 e. The lowest BCUT2D eigenvalue weighted by Crippen LogP contribution is -2.35. The summed E-state index contributed by atoms with van der Waals surface area (Å²) in [7, 11) is 1.72. The number of piperidine rings is 1. The summed E-state index contributed by atoms with van der Waals surface area (Å²) in [6, 6.07) is 5.91. The number of carbonyl (C=O) groups excluding carboxylic acids is 1. The summed E-state index contributed by atoms with van der Waals surface area (Å²) in [6.07, 6.45) is 4.53. The molecular weight excluding hydrogens is 278 g/mol. The van der Waals surface area contributed by atoms with Crippen LogP contribution in [-0.4, -0.2) is 37.2 Å². The van der Waals surface area contributed by atoms with Gasteiger partial charge in [0.1, 0.15) is 0 Å². The van der Waals surface area contributed by atoms with Crippen LogP contribution in [-0.2, 0) is 15.1 Å². The lowest BCUT2D eigenvalue weighted by molar-refractivity contribution is -0.119. The third-order valence-electron chi connectivity index (χ3n) is 5.07. The van der Waals surface area contributed by atoms with E-state index in [0.29, 0.717) is 11.4 Å². The minimum absolute atomic E-state index is 0.173. The van der Waals surface area contributed by atoms with Crippen molar-refractivity contribution in [3.05, 3.63) is 29.3 Å². The first-order valence-corrected chi connectivity index (χ1v) is 7.83. The Kier molecular flexibility index (Phi) is 3.91. The highest BCUT2D eigenvalue weighted by molar-refractivity contribution is 6.04. The molecule has 3 N–H and O–H groups in total. The van der Waals surface area contributed by atoms with Crippen LogP contribution in [0.25, 0.3) is 0 Å². The Morgan fingerprint density at radius 2 is 2.09 bits per heavy atom. The number of carbonyl (C=O) groups is 1. The van der Waals surface area contributed by atoms with Crippen LogP contribution >= 0.6 is 0 Å². The highest BCUT2D eigenvalue weighted by Crippen LogP contribution is 2.51. The Bertz CT molecular complexity index is 588. The van der Waals surface area contributed by atoms with Gasteiger partial charge < -0.3 is 20.8 Å². The molecule has 22 heavy (non-hydrogen) atoms. The number of nitrogens with zero attached hydrogens (tertiary/aromatic N) is 1. The van der Waals surface area contributed by atoms with Gasteiger partial charge in [-0.3, -0.25) is 4.79 Å². The number of hydrogen-bond acceptors (Lipinski definition) is 4. The molecule has 1 aliphatic carbocycles. The Balaban J connectivity index is 1.82. The van der Waals surface area contributed by atoms with E-state index < -0.39 is 0 Å². The summed E-state index contributed by atoms with van der Waals surface area (Å²) in [5, 5.41) is 8.54. The molecule has 5 nitrogen and oxygen atoms in total. The molecule has 1 saturated carbocycles. The predicted octanol–water partition coefficient (Wildman–Crippen LogP) is 2.14. The summed E-state index contributed by atoms with van der Waals surface area (Å²) < 4.78 is 5.63. The molecule has 1 heterocycles. The second-order valence-corrected chi connectivity index (χ2v) is 6.29. The molecule has 0 radical (unpaired) electrons. The van der Waals surface area contributed by atoms with E-state index in [2.05, 4.69) is 0 Å². The third kappa shape index (κ3) is 2.50. The first kappa shape index (κ1) is 15.0. The van der Waals surface area contributed by atoms with E-state index in [0.717, 1.165) is 56.3 Å². The number of nitrogens with one attached hydrogen (secondary N) is 1. The Labute approximate surface area is 130 Å². The molecule has 1 aromatic carbocycles. The number of nitrogens with two attached hydrogens (primary N) is 1. The van der Waals surface area contributed by atoms with Gasteiger partial charge in [-0.25, -0.2) is 0 Å². The summed E-state index contributed by atoms with van der Waals surface area (Å²) in [5.41, 5.74) is 9.24. The van der Waals surface area contributed by atoms with E-state index >= 15 is 0 Å². The van der Waals surface area contributed by atoms with Gasteiger partial charge in [0.2, 0.25) is 6.41 Å². The molecule has 2 fully saturated rings. The van der Waals surface area contributed by atoms with Gasteiger partial charge in [-0.05, 0) is 25.7 Å². The zero-order valence-electron chi connectivity index (χ0n) is 13.0. The van der Waals surface area contributed by atoms with Gasteiger partial charge in [0.25, 0.3) is 0 Å². The molecule has 1 saturated heterocycles. The van der Waals surface area contributed by atoms with Crippen LogP contribution in [0.2, 0.25) is 0 Å². The number of amides is 1. The Morgan fingerprint density at radius 3 is 2.64 bits per heavy atom.